The minimum absolute atomic E-state index is 0.133. The summed E-state index contributed by atoms with van der Waals surface area (Å²) >= 11 is 0. The second-order valence-electron chi connectivity index (χ2n) is 7.83. The van der Waals surface area contributed by atoms with E-state index >= 15 is 0 Å². The fourth-order valence-corrected chi connectivity index (χ4v) is 3.73. The monoisotopic (exact) mass is 410 g/mol. The van der Waals surface area contributed by atoms with Crippen LogP contribution < -0.4 is 14.8 Å². The Morgan fingerprint density at radius 3 is 2.77 bits per heavy atom. The van der Waals surface area contributed by atoms with Crippen molar-refractivity contribution in [3.63, 3.8) is 0 Å². The van der Waals surface area contributed by atoms with E-state index in [1.54, 1.807) is 6.08 Å². The molecule has 0 spiro atoms. The van der Waals surface area contributed by atoms with Gasteiger partial charge < -0.3 is 24.1 Å². The summed E-state index contributed by atoms with van der Waals surface area (Å²) in [6, 6.07) is 7.92. The molecule has 1 amide bonds. The number of carbonyl (C=O) groups excluding carboxylic acids is 2. The molecule has 2 aliphatic rings. The molecule has 2 heterocycles. The number of aryl methyl sites for hydroxylation is 1. The van der Waals surface area contributed by atoms with Gasteiger partial charge in [-0.3, -0.25) is 4.79 Å². The van der Waals surface area contributed by atoms with E-state index in [0.29, 0.717) is 5.92 Å². The summed E-state index contributed by atoms with van der Waals surface area (Å²) in [7, 11) is 0. The van der Waals surface area contributed by atoms with Gasteiger partial charge in [0.25, 0.3) is 5.91 Å². The summed E-state index contributed by atoms with van der Waals surface area (Å²) in [6.45, 7) is 5.92. The van der Waals surface area contributed by atoms with Gasteiger partial charge in [-0.25, -0.2) is 4.79 Å². The van der Waals surface area contributed by atoms with Gasteiger partial charge in [0.1, 0.15) is 0 Å². The zero-order chi connectivity index (χ0) is 21.3. The van der Waals surface area contributed by atoms with Crippen LogP contribution in [-0.4, -0.2) is 35.9 Å². The largest absolute Gasteiger partial charge is 0.454 e. The average Bonchev–Trinajstić information content (AvgIpc) is 3.40. The lowest BCUT2D eigenvalue weighted by Gasteiger charge is -2.12. The lowest BCUT2D eigenvalue weighted by Crippen LogP contribution is -2.36. The highest BCUT2D eigenvalue weighted by atomic mass is 16.7. The predicted octanol–water partition coefficient (Wildman–Crippen LogP) is 3.29. The molecule has 30 heavy (non-hydrogen) atoms. The predicted molar refractivity (Wildman–Crippen MR) is 112 cm³/mol. The van der Waals surface area contributed by atoms with Crippen molar-refractivity contribution < 1.29 is 23.8 Å². The summed E-state index contributed by atoms with van der Waals surface area (Å²) in [5, 5.41) is 2.86. The number of benzene rings is 1. The molecule has 1 aromatic heterocycles. The lowest BCUT2D eigenvalue weighted by molar-refractivity contribution is -0.144. The maximum absolute atomic E-state index is 12.0. The Hall–Kier alpha value is -3.22. The van der Waals surface area contributed by atoms with E-state index in [-0.39, 0.29) is 25.3 Å². The number of amides is 1. The van der Waals surface area contributed by atoms with Gasteiger partial charge in [-0.15, -0.1) is 0 Å². The van der Waals surface area contributed by atoms with E-state index in [2.05, 4.69) is 9.88 Å². The molecule has 0 bridgehead atoms. The van der Waals surface area contributed by atoms with Gasteiger partial charge in [0.05, 0.1) is 0 Å². The zero-order valence-corrected chi connectivity index (χ0v) is 17.4. The van der Waals surface area contributed by atoms with Crippen molar-refractivity contribution in [2.45, 2.75) is 39.7 Å². The molecule has 0 radical (unpaired) electrons. The second kappa shape index (κ2) is 8.26. The van der Waals surface area contributed by atoms with E-state index in [1.165, 1.54) is 6.08 Å². The van der Waals surface area contributed by atoms with Crippen LogP contribution in [0.1, 0.15) is 36.7 Å². The molecule has 7 nitrogen and oxygen atoms in total. The lowest BCUT2D eigenvalue weighted by atomic mass is 10.2. The molecular weight excluding hydrogens is 384 g/mol. The number of aromatic nitrogens is 1. The first kappa shape index (κ1) is 20.1. The van der Waals surface area contributed by atoms with Crippen LogP contribution in [0.2, 0.25) is 0 Å². The Bertz CT molecular complexity index is 1000. The molecule has 1 aliphatic carbocycles. The average molecular weight is 410 g/mol. The first-order valence-electron chi connectivity index (χ1n) is 10.2. The number of carbonyl (C=O) groups is 2. The Kier molecular flexibility index (Phi) is 5.53. The van der Waals surface area contributed by atoms with Crippen molar-refractivity contribution in [1.29, 1.82) is 0 Å². The van der Waals surface area contributed by atoms with Crippen LogP contribution in [0.4, 0.5) is 0 Å². The number of fused-ring (bicyclic) bond motifs is 1. The quantitative estimate of drug-likeness (QED) is 0.560. The van der Waals surface area contributed by atoms with Gasteiger partial charge >= 0.3 is 5.97 Å². The smallest absolute Gasteiger partial charge is 0.331 e. The standard InChI is InChI=1S/C23H26N2O5/c1-14-10-18(6-9-23(27)28-12-22(26)24-15(2)17-4-5-17)16(3)25(14)19-7-8-20-21(11-19)30-13-29-20/h6-11,15,17H,4-5,12-13H2,1-3H3,(H,24,26)/b9-6+/t15-/m1/s1. The van der Waals surface area contributed by atoms with Crippen LogP contribution in [0.15, 0.2) is 30.3 Å². The number of rotatable bonds is 7. The van der Waals surface area contributed by atoms with E-state index in [9.17, 15) is 9.59 Å². The van der Waals surface area contributed by atoms with E-state index < -0.39 is 5.97 Å². The highest BCUT2D eigenvalue weighted by Gasteiger charge is 2.28. The molecule has 1 atom stereocenters. The van der Waals surface area contributed by atoms with Crippen molar-refractivity contribution >= 4 is 18.0 Å². The van der Waals surface area contributed by atoms with Crippen LogP contribution in [0, 0.1) is 19.8 Å². The maximum atomic E-state index is 12.0. The topological polar surface area (TPSA) is 78.8 Å². The second-order valence-corrected chi connectivity index (χ2v) is 7.83. The molecule has 1 aromatic carbocycles. The molecule has 1 saturated carbocycles. The van der Waals surface area contributed by atoms with Crippen molar-refractivity contribution in [2.24, 2.45) is 5.92 Å². The summed E-state index contributed by atoms with van der Waals surface area (Å²) in [6.07, 6.45) is 5.35. The number of esters is 1. The number of ether oxygens (including phenoxy) is 3. The molecule has 7 heteroatoms. The minimum atomic E-state index is -0.544. The highest BCUT2D eigenvalue weighted by molar-refractivity contribution is 5.89. The van der Waals surface area contributed by atoms with Gasteiger partial charge in [-0.05, 0) is 69.4 Å². The third-order valence-corrected chi connectivity index (χ3v) is 5.55. The van der Waals surface area contributed by atoms with Gasteiger partial charge in [0.2, 0.25) is 6.79 Å². The van der Waals surface area contributed by atoms with Crippen molar-refractivity contribution in [3.05, 3.63) is 47.3 Å². The van der Waals surface area contributed by atoms with E-state index in [4.69, 9.17) is 14.2 Å². The fraction of sp³-hybridized carbons (Fsp3) is 0.391. The van der Waals surface area contributed by atoms with Crippen LogP contribution in [0.5, 0.6) is 11.5 Å². The van der Waals surface area contributed by atoms with Gasteiger partial charge in [0.15, 0.2) is 18.1 Å². The van der Waals surface area contributed by atoms with Crippen molar-refractivity contribution in [1.82, 2.24) is 9.88 Å². The van der Waals surface area contributed by atoms with E-state index in [1.807, 2.05) is 45.0 Å². The SMILES string of the molecule is Cc1cc(/C=C/C(=O)OCC(=O)N[C@H](C)C2CC2)c(C)n1-c1ccc2c(c1)OCO2. The Morgan fingerprint density at radius 1 is 1.23 bits per heavy atom. The minimum Gasteiger partial charge on any atom is -0.454 e. The third-order valence-electron chi connectivity index (χ3n) is 5.55. The molecule has 4 rings (SSSR count). The van der Waals surface area contributed by atoms with E-state index in [0.717, 1.165) is 47.0 Å². The Balaban J connectivity index is 1.38. The first-order chi connectivity index (χ1) is 14.4. The Morgan fingerprint density at radius 2 is 2.00 bits per heavy atom. The molecule has 0 saturated heterocycles. The number of hydrogen-bond donors (Lipinski definition) is 1. The molecule has 2 aromatic rings. The summed E-state index contributed by atoms with van der Waals surface area (Å²) in [5.74, 6) is 1.20. The normalized spacial score (nSPS) is 16.0. The zero-order valence-electron chi connectivity index (χ0n) is 17.4. The van der Waals surface area contributed by atoms with Crippen molar-refractivity contribution in [2.75, 3.05) is 13.4 Å². The maximum Gasteiger partial charge on any atom is 0.331 e. The summed E-state index contributed by atoms with van der Waals surface area (Å²) < 4.78 is 18.0. The highest BCUT2D eigenvalue weighted by Crippen LogP contribution is 2.35. The van der Waals surface area contributed by atoms with Crippen molar-refractivity contribution in [3.8, 4) is 17.2 Å². The third kappa shape index (κ3) is 4.35. The van der Waals surface area contributed by atoms with Gasteiger partial charge in [0, 0.05) is 35.3 Å². The summed E-state index contributed by atoms with van der Waals surface area (Å²) in [4.78, 5) is 23.9. The molecule has 0 unspecified atom stereocenters. The molecule has 158 valence electrons. The number of nitrogens with zero attached hydrogens (tertiary/aromatic N) is 1. The van der Waals surface area contributed by atoms with Gasteiger partial charge in [-0.1, -0.05) is 0 Å². The number of hydrogen-bond acceptors (Lipinski definition) is 5. The molecule has 1 aliphatic heterocycles. The van der Waals surface area contributed by atoms with Crippen LogP contribution >= 0.6 is 0 Å². The van der Waals surface area contributed by atoms with Gasteiger partial charge in [-0.2, -0.15) is 0 Å². The Labute approximate surface area is 175 Å². The summed E-state index contributed by atoms with van der Waals surface area (Å²) in [5.41, 5.74) is 3.85. The fourth-order valence-electron chi connectivity index (χ4n) is 3.73. The van der Waals surface area contributed by atoms with Crippen LogP contribution in [0.25, 0.3) is 11.8 Å². The van der Waals surface area contributed by atoms with Crippen LogP contribution in [-0.2, 0) is 14.3 Å². The van der Waals surface area contributed by atoms with Crippen LogP contribution in [0.3, 0.4) is 0 Å². The molecule has 1 fully saturated rings. The number of nitrogens with one attached hydrogen (secondary N) is 1. The first-order valence-corrected chi connectivity index (χ1v) is 10.2. The molecular formula is C23H26N2O5. The molecule has 1 N–H and O–H groups in total.